The van der Waals surface area contributed by atoms with Gasteiger partial charge in [-0.3, -0.25) is 0 Å². The summed E-state index contributed by atoms with van der Waals surface area (Å²) in [5, 5.41) is 0. The lowest BCUT2D eigenvalue weighted by Crippen LogP contribution is -2.23. The van der Waals surface area contributed by atoms with Crippen molar-refractivity contribution in [3.8, 4) is 0 Å². The zero-order chi connectivity index (χ0) is 14.5. The van der Waals surface area contributed by atoms with Crippen molar-refractivity contribution < 1.29 is 4.39 Å². The number of aryl methyl sites for hydroxylation is 1. The molecule has 106 valence electrons. The number of hydrogen-bond acceptors (Lipinski definition) is 2. The molecule has 2 N–H and O–H groups in total. The molecule has 0 amide bonds. The van der Waals surface area contributed by atoms with Gasteiger partial charge in [-0.05, 0) is 43.2 Å². The van der Waals surface area contributed by atoms with E-state index in [0.29, 0.717) is 0 Å². The van der Waals surface area contributed by atoms with E-state index in [9.17, 15) is 4.39 Å². The van der Waals surface area contributed by atoms with Crippen LogP contribution in [0, 0.1) is 12.7 Å². The highest BCUT2D eigenvalue weighted by Gasteiger charge is 2.08. The first-order chi connectivity index (χ1) is 9.56. The standard InChI is InChI=1S/C17H21FN2/c1-13-3-5-14(6-4-13)17(19)11-12-20(2)16-9-7-15(18)8-10-16/h3-10,17H,11-12,19H2,1-2H3. The van der Waals surface area contributed by atoms with E-state index in [1.54, 1.807) is 12.1 Å². The van der Waals surface area contributed by atoms with Gasteiger partial charge in [-0.2, -0.15) is 0 Å². The van der Waals surface area contributed by atoms with Gasteiger partial charge in [0, 0.05) is 25.3 Å². The number of rotatable bonds is 5. The average Bonchev–Trinajstić information content (AvgIpc) is 2.46. The molecule has 0 bridgehead atoms. The average molecular weight is 272 g/mol. The number of hydrogen-bond donors (Lipinski definition) is 1. The number of nitrogens with zero attached hydrogens (tertiary/aromatic N) is 1. The lowest BCUT2D eigenvalue weighted by molar-refractivity contribution is 0.626. The molecule has 2 rings (SSSR count). The van der Waals surface area contributed by atoms with Crippen LogP contribution in [0.4, 0.5) is 10.1 Å². The minimum atomic E-state index is -0.210. The highest BCUT2D eigenvalue weighted by Crippen LogP contribution is 2.18. The van der Waals surface area contributed by atoms with Crippen LogP contribution in [0.5, 0.6) is 0 Å². The van der Waals surface area contributed by atoms with Crippen molar-refractivity contribution in [3.05, 3.63) is 65.5 Å². The fraction of sp³-hybridized carbons (Fsp3) is 0.294. The number of benzene rings is 2. The predicted octanol–water partition coefficient (Wildman–Crippen LogP) is 3.66. The molecule has 3 heteroatoms. The van der Waals surface area contributed by atoms with E-state index in [1.807, 2.05) is 7.05 Å². The van der Waals surface area contributed by atoms with Crippen LogP contribution in [0.1, 0.15) is 23.6 Å². The third-order valence-corrected chi connectivity index (χ3v) is 3.55. The molecule has 0 aromatic heterocycles. The van der Waals surface area contributed by atoms with Gasteiger partial charge < -0.3 is 10.6 Å². The van der Waals surface area contributed by atoms with Crippen LogP contribution in [-0.2, 0) is 0 Å². The van der Waals surface area contributed by atoms with Gasteiger partial charge in [0.2, 0.25) is 0 Å². The van der Waals surface area contributed by atoms with E-state index in [-0.39, 0.29) is 11.9 Å². The molecule has 0 saturated heterocycles. The number of halogens is 1. The maximum Gasteiger partial charge on any atom is 0.123 e. The summed E-state index contributed by atoms with van der Waals surface area (Å²) in [4.78, 5) is 2.09. The molecule has 0 saturated carbocycles. The van der Waals surface area contributed by atoms with Gasteiger partial charge in [-0.25, -0.2) is 4.39 Å². The summed E-state index contributed by atoms with van der Waals surface area (Å²) in [6.45, 7) is 2.90. The van der Waals surface area contributed by atoms with Gasteiger partial charge in [-0.15, -0.1) is 0 Å². The molecule has 0 aliphatic carbocycles. The van der Waals surface area contributed by atoms with Crippen molar-refractivity contribution >= 4 is 5.69 Å². The van der Waals surface area contributed by atoms with Gasteiger partial charge in [0.25, 0.3) is 0 Å². The Balaban J connectivity index is 1.91. The molecule has 1 atom stereocenters. The van der Waals surface area contributed by atoms with Crippen LogP contribution in [0.2, 0.25) is 0 Å². The molecular formula is C17H21FN2. The smallest absolute Gasteiger partial charge is 0.123 e. The Kier molecular flexibility index (Phi) is 4.74. The predicted molar refractivity (Wildman–Crippen MR) is 82.4 cm³/mol. The zero-order valence-electron chi connectivity index (χ0n) is 12.0. The van der Waals surface area contributed by atoms with Crippen molar-refractivity contribution in [1.82, 2.24) is 0 Å². The van der Waals surface area contributed by atoms with Crippen LogP contribution >= 0.6 is 0 Å². The highest BCUT2D eigenvalue weighted by atomic mass is 19.1. The molecule has 0 aliphatic heterocycles. The third kappa shape index (κ3) is 3.81. The normalized spacial score (nSPS) is 12.2. The molecular weight excluding hydrogens is 251 g/mol. The van der Waals surface area contributed by atoms with Crippen molar-refractivity contribution in [2.24, 2.45) is 5.73 Å². The topological polar surface area (TPSA) is 29.3 Å². The summed E-state index contributed by atoms with van der Waals surface area (Å²) in [6, 6.07) is 14.9. The fourth-order valence-electron chi connectivity index (χ4n) is 2.14. The van der Waals surface area contributed by atoms with Gasteiger partial charge in [-0.1, -0.05) is 29.8 Å². The van der Waals surface area contributed by atoms with Crippen molar-refractivity contribution in [2.75, 3.05) is 18.5 Å². The third-order valence-electron chi connectivity index (χ3n) is 3.55. The maximum absolute atomic E-state index is 12.9. The number of anilines is 1. The first kappa shape index (κ1) is 14.5. The van der Waals surface area contributed by atoms with Crippen LogP contribution in [0.25, 0.3) is 0 Å². The van der Waals surface area contributed by atoms with Crippen LogP contribution in [0.3, 0.4) is 0 Å². The fourth-order valence-corrected chi connectivity index (χ4v) is 2.14. The van der Waals surface area contributed by atoms with Gasteiger partial charge in [0.05, 0.1) is 0 Å². The summed E-state index contributed by atoms with van der Waals surface area (Å²) in [5.41, 5.74) is 9.61. The Hall–Kier alpha value is -1.87. The molecule has 0 heterocycles. The molecule has 2 aromatic rings. The summed E-state index contributed by atoms with van der Waals surface area (Å²) < 4.78 is 12.9. The SMILES string of the molecule is Cc1ccc(C(N)CCN(C)c2ccc(F)cc2)cc1. The minimum absolute atomic E-state index is 0.0264. The molecule has 20 heavy (non-hydrogen) atoms. The zero-order valence-corrected chi connectivity index (χ0v) is 12.0. The molecule has 0 radical (unpaired) electrons. The maximum atomic E-state index is 12.9. The van der Waals surface area contributed by atoms with Crippen LogP contribution in [-0.4, -0.2) is 13.6 Å². The van der Waals surface area contributed by atoms with Gasteiger partial charge >= 0.3 is 0 Å². The first-order valence-corrected chi connectivity index (χ1v) is 6.85. The second kappa shape index (κ2) is 6.53. The van der Waals surface area contributed by atoms with Crippen LogP contribution in [0.15, 0.2) is 48.5 Å². The molecule has 0 spiro atoms. The van der Waals surface area contributed by atoms with E-state index in [2.05, 4.69) is 36.1 Å². The second-order valence-corrected chi connectivity index (χ2v) is 5.20. The van der Waals surface area contributed by atoms with Gasteiger partial charge in [0.1, 0.15) is 5.82 Å². The van der Waals surface area contributed by atoms with E-state index >= 15 is 0 Å². The minimum Gasteiger partial charge on any atom is -0.375 e. The van der Waals surface area contributed by atoms with E-state index < -0.39 is 0 Å². The summed E-state index contributed by atoms with van der Waals surface area (Å²) in [7, 11) is 2.00. The van der Waals surface area contributed by atoms with Gasteiger partial charge in [0.15, 0.2) is 0 Å². The van der Waals surface area contributed by atoms with E-state index in [4.69, 9.17) is 5.73 Å². The first-order valence-electron chi connectivity index (χ1n) is 6.85. The monoisotopic (exact) mass is 272 g/mol. The lowest BCUT2D eigenvalue weighted by Gasteiger charge is -2.21. The Bertz CT molecular complexity index is 482. The molecule has 2 nitrogen and oxygen atoms in total. The molecule has 1 unspecified atom stereocenters. The van der Waals surface area contributed by atoms with E-state index in [1.165, 1.54) is 17.7 Å². The lowest BCUT2D eigenvalue weighted by atomic mass is 10.0. The summed E-state index contributed by atoms with van der Waals surface area (Å²) in [6.07, 6.45) is 0.858. The van der Waals surface area contributed by atoms with E-state index in [0.717, 1.165) is 24.2 Å². The summed E-state index contributed by atoms with van der Waals surface area (Å²) in [5.74, 6) is -0.210. The highest BCUT2D eigenvalue weighted by molar-refractivity contribution is 5.45. The molecule has 0 fully saturated rings. The quantitative estimate of drug-likeness (QED) is 0.900. The Morgan fingerprint density at radius 3 is 2.25 bits per heavy atom. The molecule has 2 aromatic carbocycles. The second-order valence-electron chi connectivity index (χ2n) is 5.20. The van der Waals surface area contributed by atoms with Crippen molar-refractivity contribution in [2.45, 2.75) is 19.4 Å². The Morgan fingerprint density at radius 1 is 1.05 bits per heavy atom. The van der Waals surface area contributed by atoms with Crippen molar-refractivity contribution in [3.63, 3.8) is 0 Å². The number of nitrogens with two attached hydrogens (primary N) is 1. The largest absolute Gasteiger partial charge is 0.375 e. The molecule has 0 aliphatic rings. The van der Waals surface area contributed by atoms with Crippen LogP contribution < -0.4 is 10.6 Å². The Labute approximate surface area is 120 Å². The Morgan fingerprint density at radius 2 is 1.65 bits per heavy atom. The summed E-state index contributed by atoms with van der Waals surface area (Å²) >= 11 is 0. The van der Waals surface area contributed by atoms with Crippen molar-refractivity contribution in [1.29, 1.82) is 0 Å².